The van der Waals surface area contributed by atoms with Crippen LogP contribution in [0.25, 0.3) is 0 Å². The van der Waals surface area contributed by atoms with Crippen molar-refractivity contribution in [2.45, 2.75) is 39.0 Å². The maximum atomic E-state index is 14.3. The first-order valence-corrected chi connectivity index (χ1v) is 9.62. The summed E-state index contributed by atoms with van der Waals surface area (Å²) in [5.74, 6) is -0.424. The largest absolute Gasteiger partial charge is 0.497 e. The Bertz CT molecular complexity index is 870. The van der Waals surface area contributed by atoms with Crippen molar-refractivity contribution in [1.82, 2.24) is 25.3 Å². The fraction of sp³-hybridized carbons (Fsp3) is 0.450. The second-order valence-electron chi connectivity index (χ2n) is 6.92. The highest BCUT2D eigenvalue weighted by molar-refractivity contribution is 5.88. The number of methoxy groups -OCH3 is 1. The van der Waals surface area contributed by atoms with Crippen molar-refractivity contribution < 1.29 is 18.7 Å². The zero-order chi connectivity index (χ0) is 20.8. The van der Waals surface area contributed by atoms with Crippen molar-refractivity contribution in [3.63, 3.8) is 0 Å². The molecule has 0 bridgehead atoms. The molecule has 1 fully saturated rings. The highest BCUT2D eigenvalue weighted by Gasteiger charge is 2.32. The monoisotopic (exact) mass is 403 g/mol. The summed E-state index contributed by atoms with van der Waals surface area (Å²) in [6, 6.07) is 3.99. The third-order valence-electron chi connectivity index (χ3n) is 4.95. The molecule has 156 valence electrons. The van der Waals surface area contributed by atoms with E-state index in [1.54, 1.807) is 23.0 Å². The molecule has 1 aromatic carbocycles. The van der Waals surface area contributed by atoms with Crippen molar-refractivity contribution >= 4 is 11.8 Å². The summed E-state index contributed by atoms with van der Waals surface area (Å²) in [6.07, 6.45) is 3.58. The van der Waals surface area contributed by atoms with Crippen molar-refractivity contribution in [1.29, 1.82) is 0 Å². The zero-order valence-electron chi connectivity index (χ0n) is 16.7. The first-order chi connectivity index (χ1) is 14.0. The lowest BCUT2D eigenvalue weighted by Crippen LogP contribution is -2.56. The van der Waals surface area contributed by atoms with E-state index in [1.807, 2.05) is 18.0 Å². The minimum Gasteiger partial charge on any atom is -0.497 e. The van der Waals surface area contributed by atoms with Gasteiger partial charge in [-0.15, -0.1) is 0 Å². The number of carbonyl (C=O) groups excluding carboxylic acids is 2. The molecule has 0 aliphatic carbocycles. The van der Waals surface area contributed by atoms with Gasteiger partial charge in [-0.2, -0.15) is 5.10 Å². The van der Waals surface area contributed by atoms with E-state index in [4.69, 9.17) is 4.74 Å². The lowest BCUT2D eigenvalue weighted by Gasteiger charge is -2.34. The van der Waals surface area contributed by atoms with Crippen molar-refractivity contribution in [2.75, 3.05) is 20.2 Å². The molecule has 2 aromatic rings. The number of nitrogens with zero attached hydrogens (tertiary/aromatic N) is 3. The smallest absolute Gasteiger partial charge is 0.237 e. The first kappa shape index (κ1) is 20.8. The van der Waals surface area contributed by atoms with Gasteiger partial charge in [-0.05, 0) is 13.0 Å². The average molecular weight is 403 g/mol. The molecule has 1 atom stereocenters. The Kier molecular flexibility index (Phi) is 6.82. The van der Waals surface area contributed by atoms with Crippen molar-refractivity contribution in [3.05, 3.63) is 47.5 Å². The number of aromatic nitrogens is 2. The van der Waals surface area contributed by atoms with E-state index in [9.17, 15) is 14.0 Å². The lowest BCUT2D eigenvalue weighted by molar-refractivity contribution is -0.134. The number of nitrogens with one attached hydrogen (secondary N) is 2. The van der Waals surface area contributed by atoms with Crippen LogP contribution in [0, 0.1) is 5.82 Å². The number of amides is 2. The minimum absolute atomic E-state index is 0.00548. The SMILES string of the molecule is CCn1cc(CNC(=O)CC2C(=O)NCCN2Cc2ccc(OC)cc2F)cn1. The average Bonchev–Trinajstić information content (AvgIpc) is 3.18. The predicted molar refractivity (Wildman–Crippen MR) is 105 cm³/mol. The number of benzene rings is 1. The first-order valence-electron chi connectivity index (χ1n) is 9.62. The van der Waals surface area contributed by atoms with Crippen LogP contribution < -0.4 is 15.4 Å². The van der Waals surface area contributed by atoms with Gasteiger partial charge in [0.05, 0.1) is 25.8 Å². The second kappa shape index (κ2) is 9.51. The van der Waals surface area contributed by atoms with Gasteiger partial charge in [-0.3, -0.25) is 19.2 Å². The maximum Gasteiger partial charge on any atom is 0.237 e. The molecule has 0 saturated carbocycles. The normalized spacial score (nSPS) is 17.1. The summed E-state index contributed by atoms with van der Waals surface area (Å²) in [5.41, 5.74) is 1.35. The molecule has 0 radical (unpaired) electrons. The van der Waals surface area contributed by atoms with Gasteiger partial charge in [0.1, 0.15) is 11.6 Å². The molecule has 2 heterocycles. The van der Waals surface area contributed by atoms with Gasteiger partial charge in [0.15, 0.2) is 0 Å². The summed E-state index contributed by atoms with van der Waals surface area (Å²) in [4.78, 5) is 26.6. The van der Waals surface area contributed by atoms with Crippen molar-refractivity contribution in [2.24, 2.45) is 0 Å². The molecule has 2 N–H and O–H groups in total. The summed E-state index contributed by atoms with van der Waals surface area (Å²) >= 11 is 0. The Morgan fingerprint density at radius 3 is 2.97 bits per heavy atom. The predicted octanol–water partition coefficient (Wildman–Crippen LogP) is 1.06. The van der Waals surface area contributed by atoms with Crippen LogP contribution in [0.2, 0.25) is 0 Å². The molecule has 8 nitrogen and oxygen atoms in total. The quantitative estimate of drug-likeness (QED) is 0.688. The van der Waals surface area contributed by atoms with Crippen LogP contribution in [-0.2, 0) is 29.2 Å². The third kappa shape index (κ3) is 5.32. The van der Waals surface area contributed by atoms with E-state index in [0.717, 1.165) is 12.1 Å². The number of aryl methyl sites for hydroxylation is 1. The van der Waals surface area contributed by atoms with Gasteiger partial charge >= 0.3 is 0 Å². The number of halogens is 1. The molecule has 1 unspecified atom stereocenters. The number of piperazine rings is 1. The van der Waals surface area contributed by atoms with Gasteiger partial charge in [0.25, 0.3) is 0 Å². The van der Waals surface area contributed by atoms with Crippen LogP contribution in [0.15, 0.2) is 30.6 Å². The Labute approximate surface area is 169 Å². The molecule has 29 heavy (non-hydrogen) atoms. The highest BCUT2D eigenvalue weighted by Crippen LogP contribution is 2.20. The van der Waals surface area contributed by atoms with Crippen LogP contribution in [0.1, 0.15) is 24.5 Å². The second-order valence-corrected chi connectivity index (χ2v) is 6.92. The van der Waals surface area contributed by atoms with E-state index in [-0.39, 0.29) is 24.8 Å². The third-order valence-corrected chi connectivity index (χ3v) is 4.95. The number of ether oxygens (including phenoxy) is 1. The number of hydrogen-bond donors (Lipinski definition) is 2. The Balaban J connectivity index is 1.61. The topological polar surface area (TPSA) is 88.5 Å². The standard InChI is InChI=1S/C20H26FN5O3/c1-3-26-12-14(11-24-26)10-23-19(27)9-18-20(28)22-6-7-25(18)13-15-4-5-16(29-2)8-17(15)21/h4-5,8,11-12,18H,3,6-7,9-10,13H2,1-2H3,(H,22,28)(H,23,27). The molecule has 1 saturated heterocycles. The molecule has 1 aromatic heterocycles. The van der Waals surface area contributed by atoms with Gasteiger partial charge in [-0.25, -0.2) is 4.39 Å². The molecule has 2 amide bonds. The van der Waals surface area contributed by atoms with Crippen LogP contribution in [0.5, 0.6) is 5.75 Å². The zero-order valence-corrected chi connectivity index (χ0v) is 16.7. The van der Waals surface area contributed by atoms with Crippen molar-refractivity contribution in [3.8, 4) is 5.75 Å². The number of hydrogen-bond acceptors (Lipinski definition) is 5. The number of carbonyl (C=O) groups is 2. The lowest BCUT2D eigenvalue weighted by atomic mass is 10.1. The van der Waals surface area contributed by atoms with E-state index in [1.165, 1.54) is 13.2 Å². The maximum absolute atomic E-state index is 14.3. The summed E-state index contributed by atoms with van der Waals surface area (Å²) in [7, 11) is 1.48. The summed E-state index contributed by atoms with van der Waals surface area (Å²) in [6.45, 7) is 4.33. The summed E-state index contributed by atoms with van der Waals surface area (Å²) in [5, 5.41) is 9.78. The Morgan fingerprint density at radius 2 is 2.28 bits per heavy atom. The molecule has 9 heteroatoms. The van der Waals surface area contributed by atoms with Crippen LogP contribution >= 0.6 is 0 Å². The van der Waals surface area contributed by atoms with E-state index >= 15 is 0 Å². The number of rotatable bonds is 8. The highest BCUT2D eigenvalue weighted by atomic mass is 19.1. The molecule has 0 spiro atoms. The Morgan fingerprint density at radius 1 is 1.45 bits per heavy atom. The molecular formula is C20H26FN5O3. The Hall–Kier alpha value is -2.94. The van der Waals surface area contributed by atoms with Gasteiger partial charge < -0.3 is 15.4 Å². The molecule has 1 aliphatic heterocycles. The minimum atomic E-state index is -0.649. The van der Waals surface area contributed by atoms with Gasteiger partial charge in [0, 0.05) is 56.1 Å². The molecular weight excluding hydrogens is 377 g/mol. The fourth-order valence-electron chi connectivity index (χ4n) is 3.29. The van der Waals surface area contributed by atoms with Gasteiger partial charge in [-0.1, -0.05) is 6.07 Å². The van der Waals surface area contributed by atoms with E-state index in [0.29, 0.717) is 30.9 Å². The van der Waals surface area contributed by atoms with E-state index in [2.05, 4.69) is 15.7 Å². The fourth-order valence-corrected chi connectivity index (χ4v) is 3.29. The van der Waals surface area contributed by atoms with Gasteiger partial charge in [0.2, 0.25) is 11.8 Å². The van der Waals surface area contributed by atoms with Crippen LogP contribution in [-0.4, -0.2) is 52.7 Å². The molecule has 1 aliphatic rings. The van der Waals surface area contributed by atoms with E-state index < -0.39 is 11.9 Å². The summed E-state index contributed by atoms with van der Waals surface area (Å²) < 4.78 is 21.1. The van der Waals surface area contributed by atoms with Crippen LogP contribution in [0.4, 0.5) is 4.39 Å². The molecule has 3 rings (SSSR count). The van der Waals surface area contributed by atoms with Crippen LogP contribution in [0.3, 0.4) is 0 Å².